The highest BCUT2D eigenvalue weighted by molar-refractivity contribution is 5.94. The van der Waals surface area contributed by atoms with Crippen LogP contribution in [0.5, 0.6) is 5.88 Å². The third-order valence-corrected chi connectivity index (χ3v) is 3.92. The standard InChI is InChI=1S/C20H22N4O3/c1-15-12-23-24(14-15)18-7-5-16(6-8-18)19(25)22-13-17-4-3-9-21-20(17)27-11-10-26-2/h3-9,12,14H,10-11,13H2,1-2H3,(H,22,25). The van der Waals surface area contributed by atoms with Gasteiger partial charge in [-0.2, -0.15) is 5.10 Å². The number of aryl methyl sites for hydroxylation is 1. The molecular formula is C20H22N4O3. The third-order valence-electron chi connectivity index (χ3n) is 3.92. The van der Waals surface area contributed by atoms with Crippen molar-refractivity contribution in [3.63, 3.8) is 0 Å². The molecule has 0 spiro atoms. The molecule has 0 fully saturated rings. The minimum Gasteiger partial charge on any atom is -0.475 e. The summed E-state index contributed by atoms with van der Waals surface area (Å²) in [5.41, 5.74) is 3.37. The Balaban J connectivity index is 1.61. The van der Waals surface area contributed by atoms with Gasteiger partial charge in [0.05, 0.1) is 18.5 Å². The van der Waals surface area contributed by atoms with E-state index in [1.54, 1.807) is 36.3 Å². The molecule has 0 radical (unpaired) electrons. The fourth-order valence-corrected chi connectivity index (χ4v) is 2.51. The van der Waals surface area contributed by atoms with Crippen molar-refractivity contribution in [2.45, 2.75) is 13.5 Å². The van der Waals surface area contributed by atoms with Gasteiger partial charge in [-0.3, -0.25) is 4.79 Å². The smallest absolute Gasteiger partial charge is 0.251 e. The molecule has 1 amide bonds. The molecule has 0 aliphatic heterocycles. The van der Waals surface area contributed by atoms with Crippen LogP contribution in [-0.4, -0.2) is 41.0 Å². The van der Waals surface area contributed by atoms with Crippen LogP contribution < -0.4 is 10.1 Å². The largest absolute Gasteiger partial charge is 0.475 e. The van der Waals surface area contributed by atoms with Crippen molar-refractivity contribution in [2.24, 2.45) is 0 Å². The number of nitrogens with one attached hydrogen (secondary N) is 1. The van der Waals surface area contributed by atoms with Crippen LogP contribution in [0.3, 0.4) is 0 Å². The topological polar surface area (TPSA) is 78.3 Å². The summed E-state index contributed by atoms with van der Waals surface area (Å²) in [6, 6.07) is 11.0. The van der Waals surface area contributed by atoms with Crippen LogP contribution in [0, 0.1) is 6.92 Å². The molecule has 0 aliphatic carbocycles. The molecule has 140 valence electrons. The molecule has 0 saturated heterocycles. The Labute approximate surface area is 158 Å². The second-order valence-corrected chi connectivity index (χ2v) is 6.00. The van der Waals surface area contributed by atoms with Gasteiger partial charge in [-0.05, 0) is 42.8 Å². The molecule has 0 bridgehead atoms. The predicted octanol–water partition coefficient (Wildman–Crippen LogP) is 2.53. The maximum absolute atomic E-state index is 12.4. The number of carbonyl (C=O) groups is 1. The summed E-state index contributed by atoms with van der Waals surface area (Å²) in [5, 5.41) is 7.16. The van der Waals surface area contributed by atoms with Crippen LogP contribution in [-0.2, 0) is 11.3 Å². The molecule has 2 aromatic heterocycles. The summed E-state index contributed by atoms with van der Waals surface area (Å²) in [6.45, 7) is 3.19. The van der Waals surface area contributed by atoms with E-state index in [2.05, 4.69) is 15.4 Å². The first-order valence-corrected chi connectivity index (χ1v) is 8.63. The summed E-state index contributed by atoms with van der Waals surface area (Å²) in [6.07, 6.45) is 5.38. The van der Waals surface area contributed by atoms with Crippen molar-refractivity contribution in [3.8, 4) is 11.6 Å². The van der Waals surface area contributed by atoms with Gasteiger partial charge >= 0.3 is 0 Å². The van der Waals surface area contributed by atoms with Gasteiger partial charge in [-0.15, -0.1) is 0 Å². The third kappa shape index (κ3) is 4.92. The molecular weight excluding hydrogens is 344 g/mol. The Bertz CT molecular complexity index is 890. The molecule has 0 aliphatic rings. The molecule has 7 heteroatoms. The first-order chi connectivity index (χ1) is 13.2. The van der Waals surface area contributed by atoms with Crippen molar-refractivity contribution in [3.05, 3.63) is 71.7 Å². The average molecular weight is 366 g/mol. The summed E-state index contributed by atoms with van der Waals surface area (Å²) < 4.78 is 12.3. The van der Waals surface area contributed by atoms with Crippen LogP contribution in [0.25, 0.3) is 5.69 Å². The summed E-state index contributed by atoms with van der Waals surface area (Å²) >= 11 is 0. The van der Waals surface area contributed by atoms with E-state index in [0.29, 0.717) is 31.2 Å². The van der Waals surface area contributed by atoms with Crippen LogP contribution in [0.1, 0.15) is 21.5 Å². The Kier molecular flexibility index (Phi) is 6.17. The molecule has 1 N–H and O–H groups in total. The highest BCUT2D eigenvalue weighted by Crippen LogP contribution is 2.15. The first kappa shape index (κ1) is 18.6. The zero-order chi connectivity index (χ0) is 19.1. The first-order valence-electron chi connectivity index (χ1n) is 8.63. The van der Waals surface area contributed by atoms with Crippen LogP contribution >= 0.6 is 0 Å². The van der Waals surface area contributed by atoms with E-state index in [1.807, 2.05) is 37.4 Å². The quantitative estimate of drug-likeness (QED) is 0.620. The summed E-state index contributed by atoms with van der Waals surface area (Å²) in [4.78, 5) is 16.6. The monoisotopic (exact) mass is 366 g/mol. The van der Waals surface area contributed by atoms with Gasteiger partial charge < -0.3 is 14.8 Å². The van der Waals surface area contributed by atoms with Gasteiger partial charge in [0.1, 0.15) is 6.61 Å². The number of aromatic nitrogens is 3. The van der Waals surface area contributed by atoms with Crippen molar-refractivity contribution in [2.75, 3.05) is 20.3 Å². The van der Waals surface area contributed by atoms with E-state index in [0.717, 1.165) is 16.8 Å². The van der Waals surface area contributed by atoms with E-state index >= 15 is 0 Å². The SMILES string of the molecule is COCCOc1ncccc1CNC(=O)c1ccc(-n2cc(C)cn2)cc1. The Morgan fingerprint density at radius 2 is 2.00 bits per heavy atom. The normalized spacial score (nSPS) is 10.6. The summed E-state index contributed by atoms with van der Waals surface area (Å²) in [7, 11) is 1.61. The molecule has 0 saturated carbocycles. The number of methoxy groups -OCH3 is 1. The van der Waals surface area contributed by atoms with E-state index < -0.39 is 0 Å². The number of benzene rings is 1. The van der Waals surface area contributed by atoms with E-state index in [-0.39, 0.29) is 5.91 Å². The molecule has 27 heavy (non-hydrogen) atoms. The predicted molar refractivity (Wildman–Crippen MR) is 101 cm³/mol. The van der Waals surface area contributed by atoms with Crippen molar-refractivity contribution in [1.29, 1.82) is 0 Å². The highest BCUT2D eigenvalue weighted by atomic mass is 16.5. The maximum atomic E-state index is 12.4. The van der Waals surface area contributed by atoms with E-state index in [1.165, 1.54) is 0 Å². The highest BCUT2D eigenvalue weighted by Gasteiger charge is 2.09. The number of nitrogens with zero attached hydrogens (tertiary/aromatic N) is 3. The number of rotatable bonds is 8. The minimum atomic E-state index is -0.162. The van der Waals surface area contributed by atoms with Crippen LogP contribution in [0.4, 0.5) is 0 Å². The lowest BCUT2D eigenvalue weighted by molar-refractivity contribution is 0.0950. The molecule has 3 aromatic rings. The van der Waals surface area contributed by atoms with Gasteiger partial charge in [-0.25, -0.2) is 9.67 Å². The van der Waals surface area contributed by atoms with E-state index in [9.17, 15) is 4.79 Å². The number of carbonyl (C=O) groups excluding carboxylic acids is 1. The number of hydrogen-bond donors (Lipinski definition) is 1. The Hall–Kier alpha value is -3.19. The second-order valence-electron chi connectivity index (χ2n) is 6.00. The molecule has 0 atom stereocenters. The van der Waals surface area contributed by atoms with Crippen molar-refractivity contribution in [1.82, 2.24) is 20.1 Å². The number of pyridine rings is 1. The fourth-order valence-electron chi connectivity index (χ4n) is 2.51. The van der Waals surface area contributed by atoms with Crippen LogP contribution in [0.2, 0.25) is 0 Å². The number of ether oxygens (including phenoxy) is 2. The lowest BCUT2D eigenvalue weighted by Crippen LogP contribution is -2.23. The molecule has 1 aromatic carbocycles. The lowest BCUT2D eigenvalue weighted by Gasteiger charge is -2.11. The Morgan fingerprint density at radius 1 is 1.19 bits per heavy atom. The molecule has 3 rings (SSSR count). The zero-order valence-electron chi connectivity index (χ0n) is 15.4. The fraction of sp³-hybridized carbons (Fsp3) is 0.250. The number of amides is 1. The number of hydrogen-bond acceptors (Lipinski definition) is 5. The lowest BCUT2D eigenvalue weighted by atomic mass is 10.2. The molecule has 2 heterocycles. The zero-order valence-corrected chi connectivity index (χ0v) is 15.4. The van der Waals surface area contributed by atoms with Gasteiger partial charge in [0.25, 0.3) is 5.91 Å². The van der Waals surface area contributed by atoms with Gasteiger partial charge in [0, 0.05) is 37.2 Å². The van der Waals surface area contributed by atoms with Crippen molar-refractivity contribution < 1.29 is 14.3 Å². The van der Waals surface area contributed by atoms with Crippen molar-refractivity contribution >= 4 is 5.91 Å². The molecule has 0 unspecified atom stereocenters. The maximum Gasteiger partial charge on any atom is 0.251 e. The summed E-state index contributed by atoms with van der Waals surface area (Å²) in [5.74, 6) is 0.337. The average Bonchev–Trinajstić information content (AvgIpc) is 3.13. The van der Waals surface area contributed by atoms with E-state index in [4.69, 9.17) is 9.47 Å². The molecule has 7 nitrogen and oxygen atoms in total. The van der Waals surface area contributed by atoms with Gasteiger partial charge in [-0.1, -0.05) is 6.07 Å². The second kappa shape index (κ2) is 8.95. The van der Waals surface area contributed by atoms with Gasteiger partial charge in [0.15, 0.2) is 0 Å². The minimum absolute atomic E-state index is 0.162. The Morgan fingerprint density at radius 3 is 2.70 bits per heavy atom. The van der Waals surface area contributed by atoms with Crippen LogP contribution in [0.15, 0.2) is 55.0 Å². The van der Waals surface area contributed by atoms with Gasteiger partial charge in [0.2, 0.25) is 5.88 Å².